The first-order valence-electron chi connectivity index (χ1n) is 9.49. The van der Waals surface area contributed by atoms with Gasteiger partial charge in [-0.15, -0.1) is 0 Å². The summed E-state index contributed by atoms with van der Waals surface area (Å²) in [5.41, 5.74) is 7.81. The summed E-state index contributed by atoms with van der Waals surface area (Å²) >= 11 is 0. The molecule has 2 nitrogen and oxygen atoms in total. The van der Waals surface area contributed by atoms with Crippen LogP contribution in [0.15, 0.2) is 66.7 Å². The van der Waals surface area contributed by atoms with E-state index in [4.69, 9.17) is 0 Å². The zero-order valence-electron chi connectivity index (χ0n) is 15.1. The van der Waals surface area contributed by atoms with Crippen molar-refractivity contribution >= 4 is 10.9 Å². The third kappa shape index (κ3) is 2.94. The molecule has 1 aromatic heterocycles. The smallest absolute Gasteiger partial charge is 0.131 e. The molecule has 4 aromatic rings. The van der Waals surface area contributed by atoms with E-state index >= 15 is 0 Å². The zero-order chi connectivity index (χ0) is 18.2. The molecule has 27 heavy (non-hydrogen) atoms. The lowest BCUT2D eigenvalue weighted by Crippen LogP contribution is -2.16. The van der Waals surface area contributed by atoms with Gasteiger partial charge in [-0.25, -0.2) is 4.39 Å². The summed E-state index contributed by atoms with van der Waals surface area (Å²) < 4.78 is 14.2. The molecular weight excluding hydrogens is 335 g/mol. The monoisotopic (exact) mass is 356 g/mol. The molecule has 0 atom stereocenters. The van der Waals surface area contributed by atoms with Gasteiger partial charge in [0, 0.05) is 35.1 Å². The van der Waals surface area contributed by atoms with Crippen molar-refractivity contribution in [3.8, 4) is 22.3 Å². The van der Waals surface area contributed by atoms with Gasteiger partial charge in [-0.05, 0) is 59.5 Å². The number of rotatable bonds is 2. The van der Waals surface area contributed by atoms with Crippen LogP contribution in [0.4, 0.5) is 4.39 Å². The van der Waals surface area contributed by atoms with Crippen LogP contribution < -0.4 is 5.32 Å². The van der Waals surface area contributed by atoms with Crippen molar-refractivity contribution in [2.75, 3.05) is 13.1 Å². The standard InChI is InChI=1S/C24H21FN2/c25-22-7-2-1-6-19(22)18-5-3-4-16(14-18)17-8-9-23-21(15-17)20-10-12-26-13-11-24(20)27-23/h1-9,14-15,26-27H,10-13H2. The van der Waals surface area contributed by atoms with Crippen molar-refractivity contribution in [2.24, 2.45) is 0 Å². The van der Waals surface area contributed by atoms with Crippen LogP contribution in [0.25, 0.3) is 33.2 Å². The number of fused-ring (bicyclic) bond motifs is 3. The second kappa shape index (κ2) is 6.67. The van der Waals surface area contributed by atoms with Crippen LogP contribution in [0.1, 0.15) is 11.3 Å². The molecule has 0 spiro atoms. The third-order valence-corrected chi connectivity index (χ3v) is 5.48. The largest absolute Gasteiger partial charge is 0.358 e. The second-order valence-electron chi connectivity index (χ2n) is 7.15. The second-order valence-corrected chi connectivity index (χ2v) is 7.15. The Morgan fingerprint density at radius 1 is 0.741 bits per heavy atom. The minimum Gasteiger partial charge on any atom is -0.358 e. The summed E-state index contributed by atoms with van der Waals surface area (Å²) in [5.74, 6) is -0.187. The molecule has 2 N–H and O–H groups in total. The van der Waals surface area contributed by atoms with Gasteiger partial charge in [0.25, 0.3) is 0 Å². The van der Waals surface area contributed by atoms with E-state index in [0.717, 1.165) is 37.1 Å². The maximum absolute atomic E-state index is 14.2. The summed E-state index contributed by atoms with van der Waals surface area (Å²) in [7, 11) is 0. The van der Waals surface area contributed by atoms with Gasteiger partial charge in [0.15, 0.2) is 0 Å². The number of aromatic amines is 1. The summed E-state index contributed by atoms with van der Waals surface area (Å²) in [6, 6.07) is 21.7. The van der Waals surface area contributed by atoms with Crippen LogP contribution >= 0.6 is 0 Å². The van der Waals surface area contributed by atoms with E-state index in [1.807, 2.05) is 24.3 Å². The fourth-order valence-corrected chi connectivity index (χ4v) is 4.10. The Morgan fingerprint density at radius 3 is 2.48 bits per heavy atom. The van der Waals surface area contributed by atoms with E-state index < -0.39 is 0 Å². The SMILES string of the molecule is Fc1ccccc1-c1cccc(-c2ccc3[nH]c4c(c3c2)CCNCC4)c1. The Labute approximate surface area is 158 Å². The minimum absolute atomic E-state index is 0.187. The summed E-state index contributed by atoms with van der Waals surface area (Å²) in [4.78, 5) is 3.59. The Bertz CT molecular complexity index is 1130. The molecule has 0 saturated carbocycles. The topological polar surface area (TPSA) is 27.8 Å². The van der Waals surface area contributed by atoms with Crippen molar-refractivity contribution in [3.63, 3.8) is 0 Å². The van der Waals surface area contributed by atoms with E-state index in [0.29, 0.717) is 5.56 Å². The number of hydrogen-bond donors (Lipinski definition) is 2. The molecule has 2 heterocycles. The highest BCUT2D eigenvalue weighted by molar-refractivity contribution is 5.89. The van der Waals surface area contributed by atoms with Gasteiger partial charge in [0.1, 0.15) is 5.82 Å². The lowest BCUT2D eigenvalue weighted by Gasteiger charge is -2.08. The number of H-pyrrole nitrogens is 1. The van der Waals surface area contributed by atoms with Gasteiger partial charge in [-0.1, -0.05) is 42.5 Å². The van der Waals surface area contributed by atoms with E-state index in [-0.39, 0.29) is 5.82 Å². The first-order chi connectivity index (χ1) is 13.3. The van der Waals surface area contributed by atoms with E-state index in [1.54, 1.807) is 6.07 Å². The molecule has 134 valence electrons. The molecule has 0 radical (unpaired) electrons. The lowest BCUT2D eigenvalue weighted by molar-refractivity contribution is 0.631. The molecule has 0 aliphatic carbocycles. The van der Waals surface area contributed by atoms with Crippen LogP contribution in [0.5, 0.6) is 0 Å². The van der Waals surface area contributed by atoms with E-state index in [1.165, 1.54) is 33.8 Å². The van der Waals surface area contributed by atoms with E-state index in [2.05, 4.69) is 40.6 Å². The first-order valence-corrected chi connectivity index (χ1v) is 9.49. The van der Waals surface area contributed by atoms with E-state index in [9.17, 15) is 4.39 Å². The average molecular weight is 356 g/mol. The minimum atomic E-state index is -0.187. The van der Waals surface area contributed by atoms with Crippen molar-refractivity contribution in [2.45, 2.75) is 12.8 Å². The van der Waals surface area contributed by atoms with Crippen molar-refractivity contribution in [1.29, 1.82) is 0 Å². The van der Waals surface area contributed by atoms with Gasteiger partial charge < -0.3 is 10.3 Å². The number of hydrogen-bond acceptors (Lipinski definition) is 1. The molecule has 0 amide bonds. The molecular formula is C24H21FN2. The Morgan fingerprint density at radius 2 is 1.56 bits per heavy atom. The summed E-state index contributed by atoms with van der Waals surface area (Å²) in [5, 5.41) is 4.77. The summed E-state index contributed by atoms with van der Waals surface area (Å²) in [6.07, 6.45) is 2.09. The predicted octanol–water partition coefficient (Wildman–Crippen LogP) is 5.33. The molecule has 0 bridgehead atoms. The fourth-order valence-electron chi connectivity index (χ4n) is 4.10. The van der Waals surface area contributed by atoms with Gasteiger partial charge in [0.2, 0.25) is 0 Å². The van der Waals surface area contributed by atoms with Crippen molar-refractivity contribution in [1.82, 2.24) is 10.3 Å². The normalized spacial score (nSPS) is 14.1. The first kappa shape index (κ1) is 16.3. The van der Waals surface area contributed by atoms with Crippen molar-refractivity contribution in [3.05, 3.63) is 83.8 Å². The molecule has 0 saturated heterocycles. The molecule has 3 heteroatoms. The maximum Gasteiger partial charge on any atom is 0.131 e. The number of nitrogens with one attached hydrogen (secondary N) is 2. The van der Waals surface area contributed by atoms with Gasteiger partial charge in [-0.2, -0.15) is 0 Å². The number of aromatic nitrogens is 1. The van der Waals surface area contributed by atoms with Crippen molar-refractivity contribution < 1.29 is 4.39 Å². The van der Waals surface area contributed by atoms with Crippen LogP contribution in [-0.4, -0.2) is 18.1 Å². The summed E-state index contributed by atoms with van der Waals surface area (Å²) in [6.45, 7) is 2.05. The van der Waals surface area contributed by atoms with Gasteiger partial charge in [-0.3, -0.25) is 0 Å². The van der Waals surface area contributed by atoms with Gasteiger partial charge in [0.05, 0.1) is 0 Å². The van der Waals surface area contributed by atoms with Crippen LogP contribution in [0.3, 0.4) is 0 Å². The van der Waals surface area contributed by atoms with Crippen LogP contribution in [0.2, 0.25) is 0 Å². The highest BCUT2D eigenvalue weighted by atomic mass is 19.1. The van der Waals surface area contributed by atoms with Crippen LogP contribution in [-0.2, 0) is 12.8 Å². The molecule has 1 aliphatic rings. The highest BCUT2D eigenvalue weighted by Gasteiger charge is 2.15. The lowest BCUT2D eigenvalue weighted by atomic mass is 9.97. The molecule has 0 unspecified atom stereocenters. The molecule has 0 fully saturated rings. The molecule has 1 aliphatic heterocycles. The fraction of sp³-hybridized carbons (Fsp3) is 0.167. The van der Waals surface area contributed by atoms with Gasteiger partial charge >= 0.3 is 0 Å². The zero-order valence-corrected chi connectivity index (χ0v) is 15.1. The highest BCUT2D eigenvalue weighted by Crippen LogP contribution is 2.32. The van der Waals surface area contributed by atoms with Crippen LogP contribution in [0, 0.1) is 5.82 Å². The number of benzene rings is 3. The quantitative estimate of drug-likeness (QED) is 0.499. The Balaban J connectivity index is 1.61. The molecule has 5 rings (SSSR count). The Kier molecular flexibility index (Phi) is 4.02. The average Bonchev–Trinajstić information content (AvgIpc) is 2.88. The maximum atomic E-state index is 14.2. The third-order valence-electron chi connectivity index (χ3n) is 5.48. The number of halogens is 1. The predicted molar refractivity (Wildman–Crippen MR) is 109 cm³/mol. The Hall–Kier alpha value is -2.91. The molecule has 3 aromatic carbocycles.